The van der Waals surface area contributed by atoms with E-state index in [2.05, 4.69) is 0 Å². The highest BCUT2D eigenvalue weighted by Crippen LogP contribution is 2.51. The maximum atomic E-state index is 13.0. The van der Waals surface area contributed by atoms with Gasteiger partial charge in [-0.2, -0.15) is 0 Å². The molecule has 2 heterocycles. The average Bonchev–Trinajstić information content (AvgIpc) is 3.02. The van der Waals surface area contributed by atoms with Gasteiger partial charge in [0.05, 0.1) is 17.9 Å². The molecule has 0 bridgehead atoms. The van der Waals surface area contributed by atoms with Crippen molar-refractivity contribution >= 4 is 18.9 Å². The van der Waals surface area contributed by atoms with E-state index in [1.54, 1.807) is 24.3 Å². The van der Waals surface area contributed by atoms with E-state index >= 15 is 0 Å². The van der Waals surface area contributed by atoms with Crippen LogP contribution in [0.25, 0.3) is 0 Å². The van der Waals surface area contributed by atoms with Gasteiger partial charge in [-0.1, -0.05) is 36.4 Å². The van der Waals surface area contributed by atoms with Crippen molar-refractivity contribution in [2.75, 3.05) is 13.7 Å². The number of carbonyl (C=O) groups is 2. The summed E-state index contributed by atoms with van der Waals surface area (Å²) >= 11 is 0. The summed E-state index contributed by atoms with van der Waals surface area (Å²) in [7, 11) is 0.265. The highest BCUT2D eigenvalue weighted by Gasteiger charge is 2.57. The molecule has 32 heavy (non-hydrogen) atoms. The number of aromatic hydroxyl groups is 1. The summed E-state index contributed by atoms with van der Waals surface area (Å²) in [5, 5.41) is 21.3. The molecule has 2 amide bonds. The lowest BCUT2D eigenvalue weighted by Gasteiger charge is -2.42. The van der Waals surface area contributed by atoms with Gasteiger partial charge in [0, 0.05) is 12.6 Å². The first-order valence-corrected chi connectivity index (χ1v) is 10.8. The number of imide groups is 1. The zero-order chi connectivity index (χ0) is 22.4. The van der Waals surface area contributed by atoms with Crippen molar-refractivity contribution in [3.8, 4) is 11.5 Å². The molecule has 8 heteroatoms. The molecule has 2 fully saturated rings. The quantitative estimate of drug-likeness (QED) is 0.568. The van der Waals surface area contributed by atoms with Crippen molar-refractivity contribution in [2.45, 2.75) is 18.9 Å². The van der Waals surface area contributed by atoms with Crippen molar-refractivity contribution in [3.05, 3.63) is 71.2 Å². The minimum atomic E-state index is -1.25. The van der Waals surface area contributed by atoms with Crippen molar-refractivity contribution in [3.63, 3.8) is 0 Å². The molecule has 2 aliphatic heterocycles. The number of rotatable bonds is 4. The fraction of sp³-hybridized carbons (Fsp3) is 0.333. The van der Waals surface area contributed by atoms with Gasteiger partial charge in [-0.25, -0.2) is 0 Å². The highest BCUT2D eigenvalue weighted by atomic mass is 16.5. The van der Waals surface area contributed by atoms with Crippen LogP contribution in [0.3, 0.4) is 0 Å². The van der Waals surface area contributed by atoms with E-state index in [0.29, 0.717) is 29.6 Å². The van der Waals surface area contributed by atoms with Gasteiger partial charge in [0.2, 0.25) is 11.8 Å². The van der Waals surface area contributed by atoms with E-state index in [1.165, 1.54) is 11.9 Å². The molecular weight excluding hydrogens is 409 g/mol. The van der Waals surface area contributed by atoms with Crippen LogP contribution in [0.2, 0.25) is 0 Å². The number of allylic oxidation sites excluding steroid dienone is 1. The number of amides is 2. The molecule has 1 aliphatic carbocycles. The van der Waals surface area contributed by atoms with Gasteiger partial charge in [0.25, 0.3) is 0 Å². The Hall–Kier alpha value is -3.10. The van der Waals surface area contributed by atoms with Gasteiger partial charge in [0.15, 0.2) is 0 Å². The Morgan fingerprint density at radius 1 is 1.06 bits per heavy atom. The Morgan fingerprint density at radius 3 is 2.53 bits per heavy atom. The zero-order valence-corrected chi connectivity index (χ0v) is 17.7. The van der Waals surface area contributed by atoms with Crippen LogP contribution in [-0.2, 0) is 14.2 Å². The van der Waals surface area contributed by atoms with Crippen LogP contribution < -0.4 is 4.74 Å². The smallest absolute Gasteiger partial charge is 0.487 e. The van der Waals surface area contributed by atoms with E-state index in [0.717, 1.165) is 5.57 Å². The Labute approximate surface area is 186 Å². The van der Waals surface area contributed by atoms with Crippen molar-refractivity contribution in [1.82, 2.24) is 4.90 Å². The Balaban J connectivity index is 1.52. The number of carbonyl (C=O) groups excluding carboxylic acids is 2. The van der Waals surface area contributed by atoms with Crippen LogP contribution in [0.5, 0.6) is 11.5 Å². The molecule has 2 saturated heterocycles. The number of hydrogen-bond acceptors (Lipinski definition) is 6. The van der Waals surface area contributed by atoms with E-state index < -0.39 is 25.1 Å². The Morgan fingerprint density at radius 2 is 1.78 bits per heavy atom. The fourth-order valence-corrected chi connectivity index (χ4v) is 5.35. The maximum Gasteiger partial charge on any atom is 0.487 e. The van der Waals surface area contributed by atoms with Crippen molar-refractivity contribution in [2.24, 2.45) is 17.8 Å². The minimum absolute atomic E-state index is 0.0723. The van der Waals surface area contributed by atoms with Gasteiger partial charge in [-0.3, -0.25) is 14.5 Å². The number of likely N-dealkylation sites (tertiary alicyclic amines) is 1. The number of para-hydroxylation sites is 2. The number of phenols is 1. The molecule has 0 aromatic heterocycles. The van der Waals surface area contributed by atoms with E-state index in [1.807, 2.05) is 30.3 Å². The minimum Gasteiger partial charge on any atom is -0.508 e. The first-order valence-electron chi connectivity index (χ1n) is 10.8. The van der Waals surface area contributed by atoms with Gasteiger partial charge < -0.3 is 19.5 Å². The van der Waals surface area contributed by atoms with Crippen LogP contribution >= 0.6 is 0 Å². The molecule has 7 nitrogen and oxygen atoms in total. The first-order chi connectivity index (χ1) is 15.5. The second kappa shape index (κ2) is 8.11. The number of benzene rings is 2. The van der Waals surface area contributed by atoms with Gasteiger partial charge in [0.1, 0.15) is 18.1 Å². The maximum absolute atomic E-state index is 13.0. The molecule has 0 spiro atoms. The third-order valence-electron chi connectivity index (χ3n) is 6.87. The lowest BCUT2D eigenvalue weighted by atomic mass is 9.55. The van der Waals surface area contributed by atoms with Gasteiger partial charge in [-0.15, -0.1) is 0 Å². The summed E-state index contributed by atoms with van der Waals surface area (Å²) in [6.07, 6.45) is 0.135. The van der Waals surface area contributed by atoms with Gasteiger partial charge >= 0.3 is 7.12 Å². The summed E-state index contributed by atoms with van der Waals surface area (Å²) in [4.78, 5) is 27.0. The second-order valence-electron chi connectivity index (χ2n) is 8.61. The largest absolute Gasteiger partial charge is 0.508 e. The predicted octanol–water partition coefficient (Wildman–Crippen LogP) is 2.50. The number of phenolic OH excluding ortho intramolecular Hbond substituents is 1. The van der Waals surface area contributed by atoms with Crippen molar-refractivity contribution in [1.29, 1.82) is 0 Å². The lowest BCUT2D eigenvalue weighted by molar-refractivity contribution is -0.138. The summed E-state index contributed by atoms with van der Waals surface area (Å²) in [6.45, 7) is 0.200. The molecule has 5 rings (SSSR count). The first kappa shape index (κ1) is 20.8. The monoisotopic (exact) mass is 433 g/mol. The van der Waals surface area contributed by atoms with Crippen LogP contribution in [0.4, 0.5) is 0 Å². The molecule has 0 unspecified atom stereocenters. The van der Waals surface area contributed by atoms with E-state index in [-0.39, 0.29) is 30.1 Å². The molecule has 0 saturated carbocycles. The van der Waals surface area contributed by atoms with Crippen LogP contribution in [0.15, 0.2) is 65.6 Å². The van der Waals surface area contributed by atoms with Crippen LogP contribution in [0.1, 0.15) is 24.5 Å². The molecule has 2 aromatic carbocycles. The van der Waals surface area contributed by atoms with Crippen molar-refractivity contribution < 1.29 is 29.1 Å². The molecule has 164 valence electrons. The molecular formula is C24H24BNO6. The highest BCUT2D eigenvalue weighted by molar-refractivity contribution is 6.53. The summed E-state index contributed by atoms with van der Waals surface area (Å²) in [5.74, 6) is -1.07. The fourth-order valence-electron chi connectivity index (χ4n) is 5.35. The zero-order valence-electron chi connectivity index (χ0n) is 17.7. The molecule has 2 aromatic rings. The Kier molecular flexibility index (Phi) is 5.27. The average molecular weight is 433 g/mol. The van der Waals surface area contributed by atoms with Gasteiger partial charge in [-0.05, 0) is 48.0 Å². The van der Waals surface area contributed by atoms with E-state index in [9.17, 15) is 19.7 Å². The van der Waals surface area contributed by atoms with Crippen LogP contribution in [0, 0.1) is 17.8 Å². The molecule has 0 radical (unpaired) electrons. The van der Waals surface area contributed by atoms with Crippen LogP contribution in [-0.4, -0.2) is 47.6 Å². The molecule has 3 aliphatic rings. The molecule has 2 N–H and O–H groups in total. The number of fused-ring (bicyclic) bond motifs is 3. The lowest BCUT2D eigenvalue weighted by Crippen LogP contribution is -2.45. The third kappa shape index (κ3) is 3.40. The SMILES string of the molecule is CN1C(=O)[C@H]2[C@H](CC(COc3ccccc3)=C3B(O)O[C@H](c4ccccc4O)C[C@H]32)C1=O. The standard InChI is InChI=1S/C24H24BNO6/c1-26-23(28)18-11-14(13-31-15-7-3-2-4-8-15)22-17(21(18)24(26)29)12-20(32-25(22)30)16-9-5-6-10-19(16)27/h2-10,17-18,20-21,27,30H,11-13H2,1H3/t17-,18-,20-,21+/m0/s1. The molecule has 4 atom stereocenters. The van der Waals surface area contributed by atoms with E-state index in [4.69, 9.17) is 9.39 Å². The topological polar surface area (TPSA) is 96.3 Å². The number of ether oxygens (including phenoxy) is 1. The summed E-state index contributed by atoms with van der Waals surface area (Å²) < 4.78 is 11.9. The second-order valence-corrected chi connectivity index (χ2v) is 8.61. The Bertz CT molecular complexity index is 1090. The summed E-state index contributed by atoms with van der Waals surface area (Å²) in [6, 6.07) is 16.1. The number of hydrogen-bond donors (Lipinski definition) is 2. The summed E-state index contributed by atoms with van der Waals surface area (Å²) in [5.41, 5.74) is 1.98. The third-order valence-corrected chi connectivity index (χ3v) is 6.87. The normalized spacial score (nSPS) is 27.4. The number of nitrogens with zero attached hydrogens (tertiary/aromatic N) is 1. The predicted molar refractivity (Wildman–Crippen MR) is 116 cm³/mol.